The van der Waals surface area contributed by atoms with Crippen molar-refractivity contribution in [3.05, 3.63) is 39.1 Å². The summed E-state index contributed by atoms with van der Waals surface area (Å²) < 4.78 is 13.9. The first kappa shape index (κ1) is 16.6. The molecule has 1 aromatic heterocycles. The Morgan fingerprint density at radius 2 is 2.14 bits per heavy atom. The van der Waals surface area contributed by atoms with E-state index in [1.165, 1.54) is 17.0 Å². The topological polar surface area (TPSA) is 24.9 Å². The van der Waals surface area contributed by atoms with Gasteiger partial charge in [0.25, 0.3) is 0 Å². The second-order valence-electron chi connectivity index (χ2n) is 5.39. The summed E-state index contributed by atoms with van der Waals surface area (Å²) in [7, 11) is 0. The van der Waals surface area contributed by atoms with Gasteiger partial charge < -0.3 is 5.32 Å². The van der Waals surface area contributed by atoms with Crippen molar-refractivity contribution in [1.82, 2.24) is 10.3 Å². The molecule has 0 radical (unpaired) electrons. The van der Waals surface area contributed by atoms with Gasteiger partial charge in [-0.25, -0.2) is 9.37 Å². The first-order valence-electron chi connectivity index (χ1n) is 7.16. The van der Waals surface area contributed by atoms with Crippen molar-refractivity contribution in [3.8, 4) is 10.6 Å². The number of hydrogen-bond donors (Lipinski definition) is 1. The average molecular weight is 371 g/mol. The van der Waals surface area contributed by atoms with E-state index in [1.807, 2.05) is 0 Å². The molecule has 0 atom stereocenters. The molecular weight excluding hydrogens is 351 g/mol. The number of aryl methyl sites for hydroxylation is 1. The third-order valence-electron chi connectivity index (χ3n) is 3.11. The van der Waals surface area contributed by atoms with E-state index in [0.29, 0.717) is 5.92 Å². The molecule has 0 aliphatic carbocycles. The molecule has 2 nitrogen and oxygen atoms in total. The van der Waals surface area contributed by atoms with Gasteiger partial charge in [-0.2, -0.15) is 0 Å². The molecule has 5 heteroatoms. The minimum atomic E-state index is -0.239. The molecule has 0 amide bonds. The summed E-state index contributed by atoms with van der Waals surface area (Å²) in [5, 5.41) is 4.41. The van der Waals surface area contributed by atoms with Gasteiger partial charge >= 0.3 is 0 Å². The Morgan fingerprint density at radius 3 is 2.76 bits per heavy atom. The van der Waals surface area contributed by atoms with E-state index in [9.17, 15) is 4.39 Å². The molecule has 1 heterocycles. The van der Waals surface area contributed by atoms with Crippen LogP contribution < -0.4 is 5.32 Å². The molecule has 0 aliphatic rings. The zero-order valence-electron chi connectivity index (χ0n) is 12.5. The van der Waals surface area contributed by atoms with Crippen molar-refractivity contribution in [2.45, 2.75) is 33.7 Å². The third-order valence-corrected chi connectivity index (χ3v) is 4.90. The number of nitrogens with one attached hydrogen (secondary N) is 1. The van der Waals surface area contributed by atoms with Gasteiger partial charge in [-0.15, -0.1) is 11.3 Å². The van der Waals surface area contributed by atoms with E-state index >= 15 is 0 Å². The van der Waals surface area contributed by atoms with Crippen molar-refractivity contribution in [1.29, 1.82) is 0 Å². The number of rotatable bonds is 6. The van der Waals surface area contributed by atoms with E-state index in [1.54, 1.807) is 17.4 Å². The van der Waals surface area contributed by atoms with Gasteiger partial charge in [0, 0.05) is 21.5 Å². The SMILES string of the molecule is CCc1nc(-c2ccc(F)cc2Br)sc1CNCC(C)C. The van der Waals surface area contributed by atoms with Crippen LogP contribution in [0.1, 0.15) is 31.3 Å². The molecule has 0 unspecified atom stereocenters. The molecule has 0 bridgehead atoms. The van der Waals surface area contributed by atoms with E-state index < -0.39 is 0 Å². The third kappa shape index (κ3) is 4.34. The van der Waals surface area contributed by atoms with Gasteiger partial charge in [0.15, 0.2) is 0 Å². The van der Waals surface area contributed by atoms with Crippen LogP contribution in [-0.2, 0) is 13.0 Å². The fourth-order valence-electron chi connectivity index (χ4n) is 2.05. The lowest BCUT2D eigenvalue weighted by Crippen LogP contribution is -2.18. The summed E-state index contributed by atoms with van der Waals surface area (Å²) in [6, 6.07) is 4.74. The Bertz CT molecular complexity index is 610. The highest BCUT2D eigenvalue weighted by atomic mass is 79.9. The molecule has 1 N–H and O–H groups in total. The van der Waals surface area contributed by atoms with E-state index in [0.717, 1.165) is 40.2 Å². The predicted molar refractivity (Wildman–Crippen MR) is 91.1 cm³/mol. The number of thiazole rings is 1. The fraction of sp³-hybridized carbons (Fsp3) is 0.438. The van der Waals surface area contributed by atoms with Crippen LogP contribution >= 0.6 is 27.3 Å². The monoisotopic (exact) mass is 370 g/mol. The van der Waals surface area contributed by atoms with Crippen molar-refractivity contribution < 1.29 is 4.39 Å². The van der Waals surface area contributed by atoms with E-state index in [-0.39, 0.29) is 5.82 Å². The van der Waals surface area contributed by atoms with Gasteiger partial charge in [0.1, 0.15) is 10.8 Å². The fourth-order valence-corrected chi connectivity index (χ4v) is 3.88. The quantitative estimate of drug-likeness (QED) is 0.771. The highest BCUT2D eigenvalue weighted by molar-refractivity contribution is 9.10. The number of benzene rings is 1. The number of aromatic nitrogens is 1. The highest BCUT2D eigenvalue weighted by Crippen LogP contribution is 2.33. The highest BCUT2D eigenvalue weighted by Gasteiger charge is 2.13. The van der Waals surface area contributed by atoms with Crippen molar-refractivity contribution in [2.75, 3.05) is 6.54 Å². The molecule has 0 fully saturated rings. The first-order chi connectivity index (χ1) is 10.0. The van der Waals surface area contributed by atoms with Gasteiger partial charge in [0.2, 0.25) is 0 Å². The van der Waals surface area contributed by atoms with Crippen LogP contribution in [0.4, 0.5) is 4.39 Å². The van der Waals surface area contributed by atoms with Crippen LogP contribution in [0.2, 0.25) is 0 Å². The van der Waals surface area contributed by atoms with Crippen molar-refractivity contribution in [2.24, 2.45) is 5.92 Å². The normalized spacial score (nSPS) is 11.3. The standard InChI is InChI=1S/C16H20BrFN2S/c1-4-14-15(9-19-8-10(2)3)21-16(20-14)12-6-5-11(18)7-13(12)17/h5-7,10,19H,4,8-9H2,1-3H3. The Morgan fingerprint density at radius 1 is 1.38 bits per heavy atom. The van der Waals surface area contributed by atoms with Crippen LogP contribution in [-0.4, -0.2) is 11.5 Å². The predicted octanol–water partition coefficient (Wildman–Crippen LogP) is 5.02. The maximum atomic E-state index is 13.2. The largest absolute Gasteiger partial charge is 0.312 e. The summed E-state index contributed by atoms with van der Waals surface area (Å²) in [5.41, 5.74) is 2.08. The van der Waals surface area contributed by atoms with E-state index in [2.05, 4.69) is 42.0 Å². The second kappa shape index (κ2) is 7.47. The van der Waals surface area contributed by atoms with Crippen molar-refractivity contribution in [3.63, 3.8) is 0 Å². The zero-order valence-corrected chi connectivity index (χ0v) is 14.9. The summed E-state index contributed by atoms with van der Waals surface area (Å²) in [6.45, 7) is 8.35. The molecule has 114 valence electrons. The molecule has 2 rings (SSSR count). The minimum absolute atomic E-state index is 0.239. The molecule has 2 aromatic rings. The minimum Gasteiger partial charge on any atom is -0.312 e. The molecule has 0 spiro atoms. The average Bonchev–Trinajstić information content (AvgIpc) is 2.81. The molecule has 0 saturated carbocycles. The van der Waals surface area contributed by atoms with E-state index in [4.69, 9.17) is 4.98 Å². The van der Waals surface area contributed by atoms with Crippen LogP contribution in [0.3, 0.4) is 0 Å². The second-order valence-corrected chi connectivity index (χ2v) is 7.33. The van der Waals surface area contributed by atoms with Crippen LogP contribution in [0.15, 0.2) is 22.7 Å². The van der Waals surface area contributed by atoms with Gasteiger partial charge in [-0.3, -0.25) is 0 Å². The number of nitrogens with zero attached hydrogens (tertiary/aromatic N) is 1. The zero-order chi connectivity index (χ0) is 15.4. The van der Waals surface area contributed by atoms with Crippen molar-refractivity contribution >= 4 is 27.3 Å². The van der Waals surface area contributed by atoms with Crippen LogP contribution in [0, 0.1) is 11.7 Å². The van der Waals surface area contributed by atoms with Crippen LogP contribution in [0.25, 0.3) is 10.6 Å². The van der Waals surface area contributed by atoms with Gasteiger partial charge in [-0.1, -0.05) is 20.8 Å². The molecular formula is C16H20BrFN2S. The summed E-state index contributed by atoms with van der Waals surface area (Å²) in [6.07, 6.45) is 0.911. The Labute approximate surface area is 137 Å². The Hall–Kier alpha value is -0.780. The number of halogens is 2. The number of hydrogen-bond acceptors (Lipinski definition) is 3. The molecule has 21 heavy (non-hydrogen) atoms. The molecule has 0 aliphatic heterocycles. The first-order valence-corrected chi connectivity index (χ1v) is 8.77. The Kier molecular flexibility index (Phi) is 5.90. The van der Waals surface area contributed by atoms with Gasteiger partial charge in [-0.05, 0) is 53.0 Å². The Balaban J connectivity index is 2.23. The summed E-state index contributed by atoms with van der Waals surface area (Å²) >= 11 is 5.11. The lowest BCUT2D eigenvalue weighted by molar-refractivity contribution is 0.553. The van der Waals surface area contributed by atoms with Crippen LogP contribution in [0.5, 0.6) is 0 Å². The summed E-state index contributed by atoms with van der Waals surface area (Å²) in [5.74, 6) is 0.394. The molecule has 1 aromatic carbocycles. The lowest BCUT2D eigenvalue weighted by Gasteiger charge is -2.06. The van der Waals surface area contributed by atoms with Gasteiger partial charge in [0.05, 0.1) is 5.69 Å². The maximum absolute atomic E-state index is 13.2. The summed E-state index contributed by atoms with van der Waals surface area (Å²) in [4.78, 5) is 5.98. The smallest absolute Gasteiger partial charge is 0.125 e. The molecule has 0 saturated heterocycles. The maximum Gasteiger partial charge on any atom is 0.125 e. The lowest BCUT2D eigenvalue weighted by atomic mass is 10.2.